The Morgan fingerprint density at radius 3 is 3.00 bits per heavy atom. The third-order valence-corrected chi connectivity index (χ3v) is 4.01. The van der Waals surface area contributed by atoms with Crippen molar-refractivity contribution in [1.82, 2.24) is 15.5 Å². The average Bonchev–Trinajstić information content (AvgIpc) is 3.26. The lowest BCUT2D eigenvalue weighted by Gasteiger charge is -2.05. The predicted molar refractivity (Wildman–Crippen MR) is 86.6 cm³/mol. The quantitative estimate of drug-likeness (QED) is 0.752. The molecule has 1 N–H and O–H groups in total. The Balaban J connectivity index is 1.54. The van der Waals surface area contributed by atoms with Gasteiger partial charge in [0.05, 0.1) is 12.0 Å². The van der Waals surface area contributed by atoms with Gasteiger partial charge in [0.15, 0.2) is 0 Å². The molecule has 2 heterocycles. The molecule has 0 saturated heterocycles. The molecule has 23 heavy (non-hydrogen) atoms. The van der Waals surface area contributed by atoms with E-state index in [1.807, 2.05) is 17.5 Å². The van der Waals surface area contributed by atoms with Gasteiger partial charge in [0.2, 0.25) is 5.89 Å². The Kier molecular flexibility index (Phi) is 4.68. The highest BCUT2D eigenvalue weighted by Gasteiger charge is 2.10. The molecule has 0 aliphatic heterocycles. The average molecular weight is 329 g/mol. The van der Waals surface area contributed by atoms with Crippen LogP contribution >= 0.6 is 11.3 Å². The monoisotopic (exact) mass is 329 g/mol. The molecular weight excluding hydrogens is 314 g/mol. The molecule has 0 saturated carbocycles. The van der Waals surface area contributed by atoms with E-state index in [9.17, 15) is 4.79 Å². The summed E-state index contributed by atoms with van der Waals surface area (Å²) >= 11 is 1.54. The topological polar surface area (TPSA) is 77.2 Å². The highest BCUT2D eigenvalue weighted by Crippen LogP contribution is 2.22. The molecule has 7 heteroatoms. The first kappa shape index (κ1) is 15.2. The Bertz CT molecular complexity index is 783. The maximum absolute atomic E-state index is 12.1. The third-order valence-electron chi connectivity index (χ3n) is 3.16. The molecule has 6 nitrogen and oxygen atoms in total. The molecule has 0 radical (unpaired) electrons. The van der Waals surface area contributed by atoms with Crippen LogP contribution < -0.4 is 10.1 Å². The molecule has 0 spiro atoms. The first-order valence-electron chi connectivity index (χ1n) is 7.05. The molecule has 1 amide bonds. The Morgan fingerprint density at radius 2 is 2.22 bits per heavy atom. The molecule has 118 valence electrons. The SMILES string of the molecule is COc1cccc(C(=O)NCCc2nnc(-c3cccs3)o2)c1. The third kappa shape index (κ3) is 3.75. The van der Waals surface area contributed by atoms with Gasteiger partial charge >= 0.3 is 0 Å². The summed E-state index contributed by atoms with van der Waals surface area (Å²) in [6.07, 6.45) is 0.480. The number of rotatable bonds is 6. The first-order valence-corrected chi connectivity index (χ1v) is 7.93. The summed E-state index contributed by atoms with van der Waals surface area (Å²) in [5.41, 5.74) is 0.550. The summed E-state index contributed by atoms with van der Waals surface area (Å²) in [6.45, 7) is 0.419. The van der Waals surface area contributed by atoms with Crippen LogP contribution in [0.4, 0.5) is 0 Å². The fourth-order valence-corrected chi connectivity index (χ4v) is 2.65. The minimum atomic E-state index is -0.165. The van der Waals surface area contributed by atoms with E-state index in [-0.39, 0.29) is 5.91 Å². The van der Waals surface area contributed by atoms with Gasteiger partial charge in [0.1, 0.15) is 5.75 Å². The van der Waals surface area contributed by atoms with Crippen LogP contribution in [0.2, 0.25) is 0 Å². The van der Waals surface area contributed by atoms with E-state index in [1.54, 1.807) is 42.7 Å². The van der Waals surface area contributed by atoms with Crippen molar-refractivity contribution in [3.05, 3.63) is 53.2 Å². The summed E-state index contributed by atoms with van der Waals surface area (Å²) in [5.74, 6) is 1.49. The molecule has 1 aromatic carbocycles. The second kappa shape index (κ2) is 7.06. The van der Waals surface area contributed by atoms with Crippen molar-refractivity contribution >= 4 is 17.2 Å². The van der Waals surface area contributed by atoms with Gasteiger partial charge in [-0.3, -0.25) is 4.79 Å². The number of carbonyl (C=O) groups excluding carboxylic acids is 1. The molecule has 3 rings (SSSR count). The van der Waals surface area contributed by atoms with E-state index in [2.05, 4.69) is 15.5 Å². The van der Waals surface area contributed by atoms with Crippen LogP contribution in [0.3, 0.4) is 0 Å². The van der Waals surface area contributed by atoms with Crippen LogP contribution in [0.25, 0.3) is 10.8 Å². The van der Waals surface area contributed by atoms with Gasteiger partial charge in [-0.1, -0.05) is 12.1 Å². The molecular formula is C16H15N3O3S. The Hall–Kier alpha value is -2.67. The molecule has 0 aliphatic carbocycles. The van der Waals surface area contributed by atoms with Crippen LogP contribution in [0.5, 0.6) is 5.75 Å². The lowest BCUT2D eigenvalue weighted by molar-refractivity contribution is 0.0953. The van der Waals surface area contributed by atoms with Crippen molar-refractivity contribution in [1.29, 1.82) is 0 Å². The summed E-state index contributed by atoms with van der Waals surface area (Å²) < 4.78 is 10.7. The minimum Gasteiger partial charge on any atom is -0.497 e. The van der Waals surface area contributed by atoms with Crippen LogP contribution in [0.15, 0.2) is 46.2 Å². The standard InChI is InChI=1S/C16H15N3O3S/c1-21-12-5-2-4-11(10-12)15(20)17-8-7-14-18-19-16(22-14)13-6-3-9-23-13/h2-6,9-10H,7-8H2,1H3,(H,17,20). The number of ether oxygens (including phenoxy) is 1. The van der Waals surface area contributed by atoms with Gasteiger partial charge in [-0.25, -0.2) is 0 Å². The fourth-order valence-electron chi connectivity index (χ4n) is 2.00. The van der Waals surface area contributed by atoms with Crippen molar-refractivity contribution in [2.75, 3.05) is 13.7 Å². The van der Waals surface area contributed by atoms with Crippen LogP contribution in [-0.2, 0) is 6.42 Å². The number of hydrogen-bond donors (Lipinski definition) is 1. The van der Waals surface area contributed by atoms with Gasteiger partial charge in [-0.05, 0) is 29.6 Å². The number of carbonyl (C=O) groups is 1. The van der Waals surface area contributed by atoms with Crippen molar-refractivity contribution in [3.8, 4) is 16.5 Å². The van der Waals surface area contributed by atoms with Gasteiger partial charge < -0.3 is 14.5 Å². The molecule has 0 fully saturated rings. The minimum absolute atomic E-state index is 0.165. The number of thiophene rings is 1. The Morgan fingerprint density at radius 1 is 1.30 bits per heavy atom. The van der Waals surface area contributed by atoms with E-state index >= 15 is 0 Å². The maximum Gasteiger partial charge on any atom is 0.257 e. The second-order valence-electron chi connectivity index (χ2n) is 4.72. The zero-order valence-electron chi connectivity index (χ0n) is 12.5. The largest absolute Gasteiger partial charge is 0.497 e. The van der Waals surface area contributed by atoms with Gasteiger partial charge in [0, 0.05) is 18.5 Å². The highest BCUT2D eigenvalue weighted by atomic mass is 32.1. The maximum atomic E-state index is 12.1. The molecule has 0 atom stereocenters. The molecule has 2 aromatic heterocycles. The van der Waals surface area contributed by atoms with E-state index in [1.165, 1.54) is 0 Å². The number of nitrogens with zero attached hydrogens (tertiary/aromatic N) is 2. The van der Waals surface area contributed by atoms with E-state index in [0.29, 0.717) is 36.1 Å². The van der Waals surface area contributed by atoms with E-state index in [0.717, 1.165) is 4.88 Å². The number of aromatic nitrogens is 2. The number of nitrogens with one attached hydrogen (secondary N) is 1. The molecule has 0 unspecified atom stereocenters. The second-order valence-corrected chi connectivity index (χ2v) is 5.66. The van der Waals surface area contributed by atoms with Gasteiger partial charge in [0.25, 0.3) is 11.8 Å². The van der Waals surface area contributed by atoms with Crippen molar-refractivity contribution < 1.29 is 13.9 Å². The number of hydrogen-bond acceptors (Lipinski definition) is 6. The zero-order chi connectivity index (χ0) is 16.1. The van der Waals surface area contributed by atoms with Crippen LogP contribution in [0.1, 0.15) is 16.2 Å². The van der Waals surface area contributed by atoms with E-state index < -0.39 is 0 Å². The molecule has 0 aliphatic rings. The lowest BCUT2D eigenvalue weighted by atomic mass is 10.2. The van der Waals surface area contributed by atoms with Gasteiger partial charge in [-0.2, -0.15) is 0 Å². The predicted octanol–water partition coefficient (Wildman–Crippen LogP) is 2.78. The lowest BCUT2D eigenvalue weighted by Crippen LogP contribution is -2.25. The number of benzene rings is 1. The number of amides is 1. The summed E-state index contributed by atoms with van der Waals surface area (Å²) in [6, 6.07) is 10.8. The van der Waals surface area contributed by atoms with Crippen LogP contribution in [-0.4, -0.2) is 29.8 Å². The summed E-state index contributed by atoms with van der Waals surface area (Å²) in [5, 5.41) is 12.8. The van der Waals surface area contributed by atoms with Gasteiger partial charge in [-0.15, -0.1) is 21.5 Å². The fraction of sp³-hybridized carbons (Fsp3) is 0.188. The molecule has 3 aromatic rings. The van der Waals surface area contributed by atoms with Crippen molar-refractivity contribution in [2.24, 2.45) is 0 Å². The molecule has 0 bridgehead atoms. The smallest absolute Gasteiger partial charge is 0.257 e. The zero-order valence-corrected chi connectivity index (χ0v) is 13.3. The summed E-state index contributed by atoms with van der Waals surface area (Å²) in [7, 11) is 1.57. The Labute approximate surface area is 137 Å². The van der Waals surface area contributed by atoms with Crippen molar-refractivity contribution in [2.45, 2.75) is 6.42 Å². The summed E-state index contributed by atoms with van der Waals surface area (Å²) in [4.78, 5) is 13.0. The van der Waals surface area contributed by atoms with Crippen molar-refractivity contribution in [3.63, 3.8) is 0 Å². The van der Waals surface area contributed by atoms with E-state index in [4.69, 9.17) is 9.15 Å². The first-order chi connectivity index (χ1) is 11.3. The number of methoxy groups -OCH3 is 1. The van der Waals surface area contributed by atoms with Crippen LogP contribution in [0, 0.1) is 0 Å². The normalized spacial score (nSPS) is 10.5. The highest BCUT2D eigenvalue weighted by molar-refractivity contribution is 7.13.